The van der Waals surface area contributed by atoms with Crippen molar-refractivity contribution in [3.63, 3.8) is 0 Å². The number of hydrogen-bond donors (Lipinski definition) is 1. The van der Waals surface area contributed by atoms with Gasteiger partial charge < -0.3 is 10.6 Å². The Balaban J connectivity index is 2.58. The van der Waals surface area contributed by atoms with Crippen LogP contribution in [-0.2, 0) is 9.59 Å². The second kappa shape index (κ2) is 4.78. The van der Waals surface area contributed by atoms with Crippen LogP contribution in [0.25, 0.3) is 0 Å². The molecule has 0 bridgehead atoms. The van der Waals surface area contributed by atoms with E-state index in [0.717, 1.165) is 0 Å². The molecule has 2 amide bonds. The van der Waals surface area contributed by atoms with Crippen LogP contribution in [0, 0.1) is 23.2 Å². The minimum atomic E-state index is -0.586. The van der Waals surface area contributed by atoms with E-state index in [1.807, 2.05) is 6.07 Å². The average molecular weight is 209 g/mol. The van der Waals surface area contributed by atoms with Crippen molar-refractivity contribution in [3.05, 3.63) is 0 Å². The van der Waals surface area contributed by atoms with Gasteiger partial charge in [-0.25, -0.2) is 0 Å². The number of nitrogens with two attached hydrogens (primary N) is 1. The predicted octanol–water partition coefficient (Wildman–Crippen LogP) is -0.130. The fourth-order valence-corrected chi connectivity index (χ4v) is 1.73. The maximum atomic E-state index is 11.7. The number of nitrogens with zero attached hydrogens (tertiary/aromatic N) is 2. The highest BCUT2D eigenvalue weighted by molar-refractivity contribution is 5.83. The lowest BCUT2D eigenvalue weighted by molar-refractivity contribution is -0.133. The summed E-state index contributed by atoms with van der Waals surface area (Å²) in [5.74, 6) is -1.37. The molecule has 1 aliphatic heterocycles. The summed E-state index contributed by atoms with van der Waals surface area (Å²) >= 11 is 0. The van der Waals surface area contributed by atoms with E-state index in [2.05, 4.69) is 0 Å². The van der Waals surface area contributed by atoms with Crippen molar-refractivity contribution in [1.82, 2.24) is 4.90 Å². The molecule has 15 heavy (non-hydrogen) atoms. The molecule has 0 aromatic carbocycles. The maximum Gasteiger partial charge on any atom is 0.239 e. The molecule has 0 spiro atoms. The molecule has 0 aliphatic carbocycles. The summed E-state index contributed by atoms with van der Waals surface area (Å²) < 4.78 is 0. The monoisotopic (exact) mass is 209 g/mol. The standard InChI is InChI=1S/C10H15N3O2/c1-2-7(5-11)10(15)13-4-3-8(6-13)9(12)14/h7-8H,2-4,6H2,1H3,(H2,12,14). The molecule has 0 radical (unpaired) electrons. The van der Waals surface area contributed by atoms with Gasteiger partial charge in [-0.2, -0.15) is 5.26 Å². The topological polar surface area (TPSA) is 87.2 Å². The third kappa shape index (κ3) is 2.46. The normalized spacial score (nSPS) is 22.1. The second-order valence-corrected chi connectivity index (χ2v) is 3.76. The highest BCUT2D eigenvalue weighted by Crippen LogP contribution is 2.18. The Bertz CT molecular complexity index is 308. The Kier molecular flexibility index (Phi) is 3.67. The Labute approximate surface area is 88.8 Å². The summed E-state index contributed by atoms with van der Waals surface area (Å²) in [6.07, 6.45) is 1.12. The molecule has 1 rings (SSSR count). The molecule has 0 saturated carbocycles. The van der Waals surface area contributed by atoms with Gasteiger partial charge in [-0.15, -0.1) is 0 Å². The number of amides is 2. The Morgan fingerprint density at radius 3 is 2.73 bits per heavy atom. The molecular formula is C10H15N3O2. The molecule has 1 aliphatic rings. The van der Waals surface area contributed by atoms with Gasteiger partial charge in [0, 0.05) is 13.1 Å². The Morgan fingerprint density at radius 2 is 2.33 bits per heavy atom. The number of carbonyl (C=O) groups is 2. The summed E-state index contributed by atoms with van der Waals surface area (Å²) in [5, 5.41) is 8.74. The first-order valence-electron chi connectivity index (χ1n) is 5.07. The van der Waals surface area contributed by atoms with Crippen molar-refractivity contribution in [2.75, 3.05) is 13.1 Å². The van der Waals surface area contributed by atoms with E-state index in [1.54, 1.807) is 11.8 Å². The molecule has 1 saturated heterocycles. The van der Waals surface area contributed by atoms with Crippen molar-refractivity contribution in [2.45, 2.75) is 19.8 Å². The number of hydrogen-bond acceptors (Lipinski definition) is 3. The van der Waals surface area contributed by atoms with E-state index in [9.17, 15) is 9.59 Å². The van der Waals surface area contributed by atoms with Gasteiger partial charge in [0.15, 0.2) is 0 Å². The second-order valence-electron chi connectivity index (χ2n) is 3.76. The quantitative estimate of drug-likeness (QED) is 0.702. The van der Waals surface area contributed by atoms with Gasteiger partial charge in [0.1, 0.15) is 5.92 Å². The van der Waals surface area contributed by atoms with E-state index >= 15 is 0 Å². The predicted molar refractivity (Wildman–Crippen MR) is 53.3 cm³/mol. The zero-order valence-electron chi connectivity index (χ0n) is 8.77. The first-order chi connectivity index (χ1) is 7.10. The maximum absolute atomic E-state index is 11.7. The average Bonchev–Trinajstić information content (AvgIpc) is 2.68. The van der Waals surface area contributed by atoms with Crippen molar-refractivity contribution in [2.24, 2.45) is 17.6 Å². The molecular weight excluding hydrogens is 194 g/mol. The first-order valence-corrected chi connectivity index (χ1v) is 5.07. The van der Waals surface area contributed by atoms with Crippen LogP contribution in [0.4, 0.5) is 0 Å². The lowest BCUT2D eigenvalue weighted by Crippen LogP contribution is -2.35. The fourth-order valence-electron chi connectivity index (χ4n) is 1.73. The summed E-state index contributed by atoms with van der Waals surface area (Å²) in [7, 11) is 0. The SMILES string of the molecule is CCC(C#N)C(=O)N1CCC(C(N)=O)C1. The van der Waals surface area contributed by atoms with Gasteiger partial charge in [-0.05, 0) is 12.8 Å². The molecule has 1 fully saturated rings. The Hall–Kier alpha value is -1.57. The van der Waals surface area contributed by atoms with Gasteiger partial charge in [-0.1, -0.05) is 6.92 Å². The number of likely N-dealkylation sites (tertiary alicyclic amines) is 1. The minimum absolute atomic E-state index is 0.177. The van der Waals surface area contributed by atoms with Crippen LogP contribution in [0.5, 0.6) is 0 Å². The van der Waals surface area contributed by atoms with Gasteiger partial charge in [0.2, 0.25) is 11.8 Å². The molecule has 5 nitrogen and oxygen atoms in total. The molecule has 2 N–H and O–H groups in total. The summed E-state index contributed by atoms with van der Waals surface area (Å²) in [4.78, 5) is 24.2. The summed E-state index contributed by atoms with van der Waals surface area (Å²) in [6, 6.07) is 1.97. The number of primary amides is 1. The molecule has 1 heterocycles. The lowest BCUT2D eigenvalue weighted by atomic mass is 10.1. The first kappa shape index (κ1) is 11.5. The van der Waals surface area contributed by atoms with Crippen LogP contribution in [0.15, 0.2) is 0 Å². The van der Waals surface area contributed by atoms with E-state index in [4.69, 9.17) is 11.0 Å². The van der Waals surface area contributed by atoms with Gasteiger partial charge in [0.25, 0.3) is 0 Å². The van der Waals surface area contributed by atoms with Crippen molar-refractivity contribution >= 4 is 11.8 Å². The lowest BCUT2D eigenvalue weighted by Gasteiger charge is -2.18. The van der Waals surface area contributed by atoms with Crippen LogP contribution < -0.4 is 5.73 Å². The summed E-state index contributed by atoms with van der Waals surface area (Å²) in [5.41, 5.74) is 5.16. The van der Waals surface area contributed by atoms with Crippen molar-refractivity contribution in [1.29, 1.82) is 5.26 Å². The number of nitriles is 1. The van der Waals surface area contributed by atoms with Gasteiger partial charge in [0.05, 0.1) is 12.0 Å². The van der Waals surface area contributed by atoms with Crippen molar-refractivity contribution in [3.8, 4) is 6.07 Å². The largest absolute Gasteiger partial charge is 0.369 e. The zero-order chi connectivity index (χ0) is 11.4. The number of carbonyl (C=O) groups excluding carboxylic acids is 2. The zero-order valence-corrected chi connectivity index (χ0v) is 8.77. The van der Waals surface area contributed by atoms with Crippen LogP contribution in [-0.4, -0.2) is 29.8 Å². The number of rotatable bonds is 3. The highest BCUT2D eigenvalue weighted by Gasteiger charge is 2.32. The van der Waals surface area contributed by atoms with E-state index < -0.39 is 5.92 Å². The molecule has 0 aromatic rings. The van der Waals surface area contributed by atoms with Gasteiger partial charge in [-0.3, -0.25) is 9.59 Å². The van der Waals surface area contributed by atoms with Crippen molar-refractivity contribution < 1.29 is 9.59 Å². The van der Waals surface area contributed by atoms with E-state index in [1.165, 1.54) is 0 Å². The smallest absolute Gasteiger partial charge is 0.239 e. The van der Waals surface area contributed by atoms with Crippen LogP contribution >= 0.6 is 0 Å². The van der Waals surface area contributed by atoms with E-state index in [-0.39, 0.29) is 17.7 Å². The minimum Gasteiger partial charge on any atom is -0.369 e. The van der Waals surface area contributed by atoms with Crippen LogP contribution in [0.2, 0.25) is 0 Å². The van der Waals surface area contributed by atoms with Gasteiger partial charge >= 0.3 is 0 Å². The van der Waals surface area contributed by atoms with Crippen LogP contribution in [0.3, 0.4) is 0 Å². The molecule has 0 aromatic heterocycles. The third-order valence-electron chi connectivity index (χ3n) is 2.76. The van der Waals surface area contributed by atoms with Crippen LogP contribution in [0.1, 0.15) is 19.8 Å². The fraction of sp³-hybridized carbons (Fsp3) is 0.700. The molecule has 82 valence electrons. The molecule has 2 atom stereocenters. The molecule has 5 heteroatoms. The molecule has 2 unspecified atom stereocenters. The summed E-state index contributed by atoms with van der Waals surface area (Å²) in [6.45, 7) is 2.70. The van der Waals surface area contributed by atoms with E-state index in [0.29, 0.717) is 25.9 Å². The highest BCUT2D eigenvalue weighted by atomic mass is 16.2. The third-order valence-corrected chi connectivity index (χ3v) is 2.76. The Morgan fingerprint density at radius 1 is 1.67 bits per heavy atom.